The zero-order valence-corrected chi connectivity index (χ0v) is 7.93. The van der Waals surface area contributed by atoms with Gasteiger partial charge in [0.05, 0.1) is 13.2 Å². The Bertz CT molecular complexity index is 199. The van der Waals surface area contributed by atoms with Gasteiger partial charge in [0.1, 0.15) is 5.78 Å². The van der Waals surface area contributed by atoms with Gasteiger partial charge in [0.15, 0.2) is 0 Å². The maximum absolute atomic E-state index is 11.3. The SMILES string of the molecule is C/C(=C\Cl)CC1COCCC1=O. The van der Waals surface area contributed by atoms with Gasteiger partial charge in [-0.3, -0.25) is 4.79 Å². The summed E-state index contributed by atoms with van der Waals surface area (Å²) >= 11 is 5.50. The zero-order chi connectivity index (χ0) is 8.97. The van der Waals surface area contributed by atoms with E-state index in [4.69, 9.17) is 16.3 Å². The van der Waals surface area contributed by atoms with Crippen molar-refractivity contribution in [2.45, 2.75) is 19.8 Å². The first kappa shape index (κ1) is 9.75. The lowest BCUT2D eigenvalue weighted by Gasteiger charge is -2.20. The summed E-state index contributed by atoms with van der Waals surface area (Å²) in [6.45, 7) is 3.06. The van der Waals surface area contributed by atoms with E-state index < -0.39 is 0 Å². The Hall–Kier alpha value is -0.340. The number of carbonyl (C=O) groups is 1. The van der Waals surface area contributed by atoms with Crippen molar-refractivity contribution in [3.8, 4) is 0 Å². The van der Waals surface area contributed by atoms with Crippen molar-refractivity contribution < 1.29 is 9.53 Å². The Labute approximate surface area is 77.5 Å². The van der Waals surface area contributed by atoms with Crippen LogP contribution in [0.5, 0.6) is 0 Å². The largest absolute Gasteiger partial charge is 0.380 e. The van der Waals surface area contributed by atoms with Gasteiger partial charge in [-0.1, -0.05) is 17.2 Å². The second-order valence-corrected chi connectivity index (χ2v) is 3.37. The van der Waals surface area contributed by atoms with Crippen LogP contribution in [0.3, 0.4) is 0 Å². The van der Waals surface area contributed by atoms with Crippen LogP contribution in [0.15, 0.2) is 11.1 Å². The van der Waals surface area contributed by atoms with E-state index in [2.05, 4.69) is 0 Å². The minimum absolute atomic E-state index is 0.0359. The molecule has 0 amide bonds. The van der Waals surface area contributed by atoms with Crippen LogP contribution >= 0.6 is 11.6 Å². The fourth-order valence-corrected chi connectivity index (χ4v) is 1.39. The average molecular weight is 189 g/mol. The first-order valence-electron chi connectivity index (χ1n) is 4.10. The van der Waals surface area contributed by atoms with Crippen molar-refractivity contribution in [2.24, 2.45) is 5.92 Å². The number of ether oxygens (including phenoxy) is 1. The maximum Gasteiger partial charge on any atom is 0.140 e. The Morgan fingerprint density at radius 1 is 1.83 bits per heavy atom. The molecule has 1 unspecified atom stereocenters. The van der Waals surface area contributed by atoms with E-state index in [1.165, 1.54) is 5.54 Å². The first-order valence-corrected chi connectivity index (χ1v) is 4.54. The summed E-state index contributed by atoms with van der Waals surface area (Å²) < 4.78 is 5.21. The Morgan fingerprint density at radius 2 is 2.58 bits per heavy atom. The molecule has 1 fully saturated rings. The molecule has 0 aromatic heterocycles. The molecule has 12 heavy (non-hydrogen) atoms. The van der Waals surface area contributed by atoms with Crippen molar-refractivity contribution in [3.63, 3.8) is 0 Å². The lowest BCUT2D eigenvalue weighted by atomic mass is 9.94. The number of allylic oxidation sites excluding steroid dienone is 1. The fourth-order valence-electron chi connectivity index (χ4n) is 1.30. The van der Waals surface area contributed by atoms with Crippen molar-refractivity contribution >= 4 is 17.4 Å². The Balaban J connectivity index is 2.44. The summed E-state index contributed by atoms with van der Waals surface area (Å²) in [6, 6.07) is 0. The molecule has 1 aliphatic heterocycles. The minimum atomic E-state index is 0.0359. The highest BCUT2D eigenvalue weighted by Crippen LogP contribution is 2.18. The third-order valence-corrected chi connectivity index (χ3v) is 2.39. The molecule has 0 spiro atoms. The summed E-state index contributed by atoms with van der Waals surface area (Å²) in [6.07, 6.45) is 1.29. The van der Waals surface area contributed by atoms with E-state index in [0.29, 0.717) is 25.4 Å². The van der Waals surface area contributed by atoms with Gasteiger partial charge >= 0.3 is 0 Å². The van der Waals surface area contributed by atoms with Crippen molar-refractivity contribution in [1.29, 1.82) is 0 Å². The summed E-state index contributed by atoms with van der Waals surface area (Å²) in [5, 5.41) is 0. The molecule has 0 bridgehead atoms. The molecule has 1 aliphatic rings. The predicted molar refractivity (Wildman–Crippen MR) is 48.2 cm³/mol. The Morgan fingerprint density at radius 3 is 3.17 bits per heavy atom. The van der Waals surface area contributed by atoms with Gasteiger partial charge in [-0.15, -0.1) is 0 Å². The molecule has 1 saturated heterocycles. The third kappa shape index (κ3) is 2.61. The number of ketones is 1. The number of carbonyl (C=O) groups excluding carboxylic acids is 1. The molecular weight excluding hydrogens is 176 g/mol. The topological polar surface area (TPSA) is 26.3 Å². The number of hydrogen-bond donors (Lipinski definition) is 0. The van der Waals surface area contributed by atoms with Gasteiger partial charge in [0, 0.05) is 17.9 Å². The molecule has 0 aliphatic carbocycles. The van der Waals surface area contributed by atoms with Crippen LogP contribution in [0, 0.1) is 5.92 Å². The van der Waals surface area contributed by atoms with Gasteiger partial charge in [-0.05, 0) is 13.3 Å². The van der Waals surface area contributed by atoms with E-state index in [1.54, 1.807) is 0 Å². The van der Waals surface area contributed by atoms with Crippen molar-refractivity contribution in [2.75, 3.05) is 13.2 Å². The van der Waals surface area contributed by atoms with E-state index in [0.717, 1.165) is 12.0 Å². The molecule has 0 aromatic rings. The third-order valence-electron chi connectivity index (χ3n) is 2.02. The predicted octanol–water partition coefficient (Wildman–Crippen LogP) is 2.12. The first-order chi connectivity index (χ1) is 5.74. The molecule has 0 saturated carbocycles. The van der Waals surface area contributed by atoms with Crippen LogP contribution in [0.2, 0.25) is 0 Å². The van der Waals surface area contributed by atoms with Gasteiger partial charge < -0.3 is 4.74 Å². The monoisotopic (exact) mass is 188 g/mol. The number of Topliss-reactive ketones (excluding diaryl/α,β-unsaturated/α-hetero) is 1. The molecule has 0 radical (unpaired) electrons. The van der Waals surface area contributed by atoms with Gasteiger partial charge in [-0.2, -0.15) is 0 Å². The maximum atomic E-state index is 11.3. The van der Waals surface area contributed by atoms with Crippen LogP contribution in [-0.4, -0.2) is 19.0 Å². The second kappa shape index (κ2) is 4.63. The molecule has 3 heteroatoms. The van der Waals surface area contributed by atoms with E-state index in [1.807, 2.05) is 6.92 Å². The molecule has 1 rings (SSSR count). The van der Waals surface area contributed by atoms with Crippen LogP contribution < -0.4 is 0 Å². The lowest BCUT2D eigenvalue weighted by molar-refractivity contribution is -0.130. The molecular formula is C9H13ClO2. The quantitative estimate of drug-likeness (QED) is 0.664. The normalized spacial score (nSPS) is 26.0. The van der Waals surface area contributed by atoms with Crippen LogP contribution in [0.25, 0.3) is 0 Å². The van der Waals surface area contributed by atoms with Gasteiger partial charge in [0.2, 0.25) is 0 Å². The molecule has 2 nitrogen and oxygen atoms in total. The number of rotatable bonds is 2. The summed E-state index contributed by atoms with van der Waals surface area (Å²) in [4.78, 5) is 11.3. The van der Waals surface area contributed by atoms with E-state index >= 15 is 0 Å². The van der Waals surface area contributed by atoms with Crippen molar-refractivity contribution in [1.82, 2.24) is 0 Å². The minimum Gasteiger partial charge on any atom is -0.380 e. The summed E-state index contributed by atoms with van der Waals surface area (Å²) in [5.74, 6) is 0.341. The van der Waals surface area contributed by atoms with Gasteiger partial charge in [0.25, 0.3) is 0 Å². The average Bonchev–Trinajstić information content (AvgIpc) is 2.09. The number of hydrogen-bond acceptors (Lipinski definition) is 2. The molecule has 1 atom stereocenters. The van der Waals surface area contributed by atoms with Gasteiger partial charge in [-0.25, -0.2) is 0 Å². The highest BCUT2D eigenvalue weighted by molar-refractivity contribution is 6.25. The van der Waals surface area contributed by atoms with Crippen molar-refractivity contribution in [3.05, 3.63) is 11.1 Å². The lowest BCUT2D eigenvalue weighted by Crippen LogP contribution is -2.27. The molecule has 1 heterocycles. The smallest absolute Gasteiger partial charge is 0.140 e. The zero-order valence-electron chi connectivity index (χ0n) is 7.18. The standard InChI is InChI=1S/C9H13ClO2/c1-7(5-10)4-8-6-12-3-2-9(8)11/h5,8H,2-4,6H2,1H3/b7-5+. The van der Waals surface area contributed by atoms with Crippen LogP contribution in [0.1, 0.15) is 19.8 Å². The highest BCUT2D eigenvalue weighted by atomic mass is 35.5. The van der Waals surface area contributed by atoms with Crippen LogP contribution in [-0.2, 0) is 9.53 Å². The van der Waals surface area contributed by atoms with Crippen LogP contribution in [0.4, 0.5) is 0 Å². The number of halogens is 1. The van der Waals surface area contributed by atoms with E-state index in [9.17, 15) is 4.79 Å². The molecule has 0 aromatic carbocycles. The summed E-state index contributed by atoms with van der Waals surface area (Å²) in [5.41, 5.74) is 2.57. The van der Waals surface area contributed by atoms with E-state index in [-0.39, 0.29) is 5.92 Å². The highest BCUT2D eigenvalue weighted by Gasteiger charge is 2.22. The second-order valence-electron chi connectivity index (χ2n) is 3.15. The summed E-state index contributed by atoms with van der Waals surface area (Å²) in [7, 11) is 0. The molecule has 68 valence electrons. The molecule has 0 N–H and O–H groups in total. The fraction of sp³-hybridized carbons (Fsp3) is 0.667. The Kier molecular flexibility index (Phi) is 3.76.